The van der Waals surface area contributed by atoms with E-state index in [0.29, 0.717) is 5.66 Å². The molecular weight excluding hydrogens is 191 g/mol. The summed E-state index contributed by atoms with van der Waals surface area (Å²) in [6.07, 6.45) is 7.90. The minimum absolute atomic E-state index is 0.504. The van der Waals surface area contributed by atoms with E-state index >= 15 is 0 Å². The van der Waals surface area contributed by atoms with E-state index in [4.69, 9.17) is 0 Å². The van der Waals surface area contributed by atoms with Gasteiger partial charge in [0.05, 0.1) is 7.14 Å². The fraction of sp³-hybridized carbons (Fsp3) is 1.00. The average Bonchev–Trinajstić information content (AvgIpc) is 2.23. The molecule has 0 aromatic heterocycles. The van der Waals surface area contributed by atoms with E-state index in [0.717, 1.165) is 18.7 Å². The predicted octanol–water partition coefficient (Wildman–Crippen LogP) is 4.75. The van der Waals surface area contributed by atoms with Gasteiger partial charge in [-0.1, -0.05) is 47.0 Å². The van der Waals surface area contributed by atoms with Crippen molar-refractivity contribution >= 4 is 7.14 Å². The highest BCUT2D eigenvalue weighted by atomic mass is 31.2. The highest BCUT2D eigenvalue weighted by Gasteiger charge is 2.26. The highest BCUT2D eigenvalue weighted by Crippen LogP contribution is 2.52. The highest BCUT2D eigenvalue weighted by molar-refractivity contribution is 7.64. The second-order valence-corrected chi connectivity index (χ2v) is 8.04. The van der Waals surface area contributed by atoms with Crippen LogP contribution in [0, 0.1) is 0 Å². The molecule has 1 atom stereocenters. The molecule has 0 rings (SSSR count). The summed E-state index contributed by atoms with van der Waals surface area (Å²) in [6, 6.07) is 0. The van der Waals surface area contributed by atoms with Crippen molar-refractivity contribution in [3.05, 3.63) is 0 Å². The summed E-state index contributed by atoms with van der Waals surface area (Å²) in [6.45, 7) is 8.59. The Labute approximate surface area is 90.0 Å². The molecule has 0 aliphatic heterocycles. The van der Waals surface area contributed by atoms with Crippen LogP contribution in [0.1, 0.15) is 59.8 Å². The van der Waals surface area contributed by atoms with Crippen LogP contribution < -0.4 is 0 Å². The van der Waals surface area contributed by atoms with Crippen LogP contribution in [-0.4, -0.2) is 18.0 Å². The van der Waals surface area contributed by atoms with Crippen LogP contribution >= 0.6 is 7.14 Å². The smallest absolute Gasteiger partial charge is 0.0901 e. The zero-order chi connectivity index (χ0) is 11.0. The minimum Gasteiger partial charge on any atom is -0.323 e. The molecule has 0 saturated carbocycles. The maximum Gasteiger partial charge on any atom is 0.0901 e. The molecule has 0 aromatic rings. The van der Waals surface area contributed by atoms with Gasteiger partial charge in [0.2, 0.25) is 0 Å². The second-order valence-electron chi connectivity index (χ2n) is 4.14. The first-order valence-corrected chi connectivity index (χ1v) is 8.36. The lowest BCUT2D eigenvalue weighted by molar-refractivity contribution is 0.545. The van der Waals surface area contributed by atoms with Crippen LogP contribution in [-0.2, 0) is 4.57 Å². The largest absolute Gasteiger partial charge is 0.323 e. The van der Waals surface area contributed by atoms with Crippen LogP contribution in [0.25, 0.3) is 0 Å². The van der Waals surface area contributed by atoms with Gasteiger partial charge in [0.1, 0.15) is 0 Å². The van der Waals surface area contributed by atoms with Crippen molar-refractivity contribution in [2.75, 3.05) is 12.3 Å². The molecule has 0 spiro atoms. The van der Waals surface area contributed by atoms with Crippen LogP contribution in [0.5, 0.6) is 0 Å². The molecule has 0 bridgehead atoms. The van der Waals surface area contributed by atoms with Crippen LogP contribution in [0.2, 0.25) is 0 Å². The van der Waals surface area contributed by atoms with Gasteiger partial charge in [-0.15, -0.1) is 0 Å². The lowest BCUT2D eigenvalue weighted by Crippen LogP contribution is -2.11. The third kappa shape index (κ3) is 4.17. The lowest BCUT2D eigenvalue weighted by atomic mass is 10.1. The third-order valence-corrected chi connectivity index (χ3v) is 7.44. The summed E-state index contributed by atoms with van der Waals surface area (Å²) in [5.41, 5.74) is 0.504. The summed E-state index contributed by atoms with van der Waals surface area (Å²) in [7, 11) is -1.83. The Bertz CT molecular complexity index is 169. The van der Waals surface area contributed by atoms with Crippen LogP contribution in [0.3, 0.4) is 0 Å². The Morgan fingerprint density at radius 1 is 1.00 bits per heavy atom. The van der Waals surface area contributed by atoms with E-state index < -0.39 is 7.14 Å². The van der Waals surface area contributed by atoms with Crippen LogP contribution in [0.4, 0.5) is 0 Å². The molecule has 14 heavy (non-hydrogen) atoms. The molecule has 1 unspecified atom stereocenters. The molecule has 0 fully saturated rings. The molecular formula is C12H27OP. The van der Waals surface area contributed by atoms with Crippen molar-refractivity contribution in [1.29, 1.82) is 0 Å². The molecule has 86 valence electrons. The second kappa shape index (κ2) is 7.51. The molecule has 0 amide bonds. The predicted molar refractivity (Wildman–Crippen MR) is 66.9 cm³/mol. The normalized spacial score (nSPS) is 14.3. The zero-order valence-corrected chi connectivity index (χ0v) is 11.3. The Hall–Kier alpha value is 0.230. The Morgan fingerprint density at radius 3 is 1.93 bits per heavy atom. The maximum atomic E-state index is 12.5. The SMILES string of the molecule is CCCCCC(CC)P(=O)(CC)CC. The van der Waals surface area contributed by atoms with Gasteiger partial charge in [0, 0.05) is 5.66 Å². The summed E-state index contributed by atoms with van der Waals surface area (Å²) < 4.78 is 12.5. The van der Waals surface area contributed by atoms with E-state index in [1.807, 2.05) is 0 Å². The Balaban J connectivity index is 4.16. The van der Waals surface area contributed by atoms with Gasteiger partial charge in [0.25, 0.3) is 0 Å². The van der Waals surface area contributed by atoms with Crippen molar-refractivity contribution in [2.24, 2.45) is 0 Å². The number of hydrogen-bond donors (Lipinski definition) is 0. The van der Waals surface area contributed by atoms with E-state index in [1.54, 1.807) is 0 Å². The molecule has 0 heterocycles. The summed E-state index contributed by atoms with van der Waals surface area (Å²) in [5.74, 6) is 0. The van der Waals surface area contributed by atoms with Crippen molar-refractivity contribution in [3.63, 3.8) is 0 Å². The van der Waals surface area contributed by atoms with E-state index in [-0.39, 0.29) is 0 Å². The number of hydrogen-bond acceptors (Lipinski definition) is 1. The maximum absolute atomic E-state index is 12.5. The van der Waals surface area contributed by atoms with Gasteiger partial charge in [-0.2, -0.15) is 0 Å². The Morgan fingerprint density at radius 2 is 1.57 bits per heavy atom. The van der Waals surface area contributed by atoms with Crippen molar-refractivity contribution in [1.82, 2.24) is 0 Å². The van der Waals surface area contributed by atoms with Gasteiger partial charge in [0.15, 0.2) is 0 Å². The van der Waals surface area contributed by atoms with E-state index in [1.165, 1.54) is 25.7 Å². The first-order valence-electron chi connectivity index (χ1n) is 6.22. The first-order chi connectivity index (χ1) is 6.64. The van der Waals surface area contributed by atoms with E-state index in [9.17, 15) is 4.57 Å². The fourth-order valence-electron chi connectivity index (χ4n) is 2.14. The van der Waals surface area contributed by atoms with Crippen LogP contribution in [0.15, 0.2) is 0 Å². The Kier molecular flexibility index (Phi) is 7.64. The van der Waals surface area contributed by atoms with Crippen molar-refractivity contribution in [2.45, 2.75) is 65.5 Å². The number of unbranched alkanes of at least 4 members (excludes halogenated alkanes) is 2. The molecule has 0 saturated heterocycles. The van der Waals surface area contributed by atoms with Crippen molar-refractivity contribution < 1.29 is 4.57 Å². The molecule has 0 N–H and O–H groups in total. The molecule has 0 aliphatic rings. The van der Waals surface area contributed by atoms with Crippen molar-refractivity contribution in [3.8, 4) is 0 Å². The van der Waals surface area contributed by atoms with E-state index in [2.05, 4.69) is 27.7 Å². The topological polar surface area (TPSA) is 17.1 Å². The van der Waals surface area contributed by atoms with Gasteiger partial charge in [-0.3, -0.25) is 0 Å². The van der Waals surface area contributed by atoms with Gasteiger partial charge >= 0.3 is 0 Å². The van der Waals surface area contributed by atoms with Gasteiger partial charge < -0.3 is 4.57 Å². The molecule has 0 aromatic carbocycles. The first kappa shape index (κ1) is 14.2. The number of rotatable bonds is 8. The van der Waals surface area contributed by atoms with Gasteiger partial charge in [-0.05, 0) is 25.2 Å². The molecule has 0 radical (unpaired) electrons. The van der Waals surface area contributed by atoms with Gasteiger partial charge in [-0.25, -0.2) is 0 Å². The fourth-order valence-corrected chi connectivity index (χ4v) is 4.94. The monoisotopic (exact) mass is 218 g/mol. The summed E-state index contributed by atoms with van der Waals surface area (Å²) in [5, 5.41) is 0. The lowest BCUT2D eigenvalue weighted by Gasteiger charge is -2.24. The molecule has 1 nitrogen and oxygen atoms in total. The quantitative estimate of drug-likeness (QED) is 0.424. The summed E-state index contributed by atoms with van der Waals surface area (Å²) in [4.78, 5) is 0. The average molecular weight is 218 g/mol. The third-order valence-electron chi connectivity index (χ3n) is 3.35. The minimum atomic E-state index is -1.83. The zero-order valence-electron chi connectivity index (χ0n) is 10.4. The standard InChI is InChI=1S/C12H27OP/c1-5-9-10-11-12(6-2)14(13,7-3)8-4/h12H,5-11H2,1-4H3. The summed E-state index contributed by atoms with van der Waals surface area (Å²) >= 11 is 0. The molecule has 2 heteroatoms. The molecule has 0 aliphatic carbocycles.